The second kappa shape index (κ2) is 8.78. The van der Waals surface area contributed by atoms with Crippen molar-refractivity contribution in [2.45, 2.75) is 31.2 Å². The van der Waals surface area contributed by atoms with E-state index in [4.69, 9.17) is 14.2 Å². The molecule has 1 amide bonds. The van der Waals surface area contributed by atoms with Crippen LogP contribution in [0.25, 0.3) is 0 Å². The number of nitrogens with zero attached hydrogens (tertiary/aromatic N) is 1. The Morgan fingerprint density at radius 2 is 1.93 bits per heavy atom. The molecule has 2 atom stereocenters. The van der Waals surface area contributed by atoms with Crippen molar-refractivity contribution >= 4 is 23.6 Å². The Labute approximate surface area is 174 Å². The summed E-state index contributed by atoms with van der Waals surface area (Å²) in [5, 5.41) is -0.252. The first-order chi connectivity index (χ1) is 14.2. The summed E-state index contributed by atoms with van der Waals surface area (Å²) in [6.07, 6.45) is 1.75. The van der Waals surface area contributed by atoms with Gasteiger partial charge in [0.15, 0.2) is 11.5 Å². The van der Waals surface area contributed by atoms with E-state index in [0.717, 1.165) is 18.4 Å². The van der Waals surface area contributed by atoms with Gasteiger partial charge in [-0.25, -0.2) is 4.79 Å². The quantitative estimate of drug-likeness (QED) is 0.527. The monoisotopic (exact) mass is 413 g/mol. The van der Waals surface area contributed by atoms with E-state index in [1.165, 1.54) is 0 Å². The van der Waals surface area contributed by atoms with Gasteiger partial charge in [-0.05, 0) is 30.2 Å². The fraction of sp³-hybridized carbons (Fsp3) is 0.364. The number of fused-ring (bicyclic) bond motifs is 1. The molecule has 0 radical (unpaired) electrons. The summed E-state index contributed by atoms with van der Waals surface area (Å²) in [5.41, 5.74) is 1.44. The van der Waals surface area contributed by atoms with E-state index in [9.17, 15) is 9.59 Å². The van der Waals surface area contributed by atoms with Gasteiger partial charge in [-0.1, -0.05) is 43.7 Å². The van der Waals surface area contributed by atoms with Crippen molar-refractivity contribution in [2.24, 2.45) is 0 Å². The zero-order valence-electron chi connectivity index (χ0n) is 16.2. The van der Waals surface area contributed by atoms with Gasteiger partial charge in [0, 0.05) is 11.3 Å². The van der Waals surface area contributed by atoms with Gasteiger partial charge in [-0.3, -0.25) is 4.79 Å². The number of thioether (sulfide) groups is 1. The maximum absolute atomic E-state index is 13.5. The molecule has 6 nitrogen and oxygen atoms in total. The van der Waals surface area contributed by atoms with E-state index >= 15 is 0 Å². The van der Waals surface area contributed by atoms with Gasteiger partial charge >= 0.3 is 5.97 Å². The van der Waals surface area contributed by atoms with Crippen LogP contribution in [0.1, 0.15) is 41.1 Å². The Kier molecular flexibility index (Phi) is 5.94. The molecule has 0 saturated carbocycles. The molecule has 0 bridgehead atoms. The van der Waals surface area contributed by atoms with E-state index < -0.39 is 6.04 Å². The first-order valence-electron chi connectivity index (χ1n) is 9.74. The number of carbonyl (C=O) groups is 2. The Morgan fingerprint density at radius 3 is 2.72 bits per heavy atom. The normalized spacial score (nSPS) is 20.0. The lowest BCUT2D eigenvalue weighted by Crippen LogP contribution is -2.44. The molecule has 2 heterocycles. The summed E-state index contributed by atoms with van der Waals surface area (Å²) < 4.78 is 16.2. The highest BCUT2D eigenvalue weighted by atomic mass is 32.2. The molecule has 0 aromatic heterocycles. The number of amides is 1. The molecular weight excluding hydrogens is 390 g/mol. The van der Waals surface area contributed by atoms with Crippen molar-refractivity contribution in [3.8, 4) is 11.5 Å². The number of esters is 1. The van der Waals surface area contributed by atoms with Crippen LogP contribution in [0.15, 0.2) is 48.5 Å². The number of hydrogen-bond acceptors (Lipinski definition) is 6. The summed E-state index contributed by atoms with van der Waals surface area (Å²) in [4.78, 5) is 27.9. The zero-order chi connectivity index (χ0) is 20.2. The van der Waals surface area contributed by atoms with Gasteiger partial charge in [0.25, 0.3) is 5.91 Å². The minimum atomic E-state index is -0.625. The summed E-state index contributed by atoms with van der Waals surface area (Å²) in [5.74, 6) is 1.09. The first kappa shape index (κ1) is 19.6. The number of unbranched alkanes of at least 4 members (excludes halogenated alkanes) is 1. The average Bonchev–Trinajstić information content (AvgIpc) is 3.40. The highest BCUT2D eigenvalue weighted by Crippen LogP contribution is 2.43. The second-order valence-electron chi connectivity index (χ2n) is 6.91. The molecular formula is C22H23NO5S. The average molecular weight is 413 g/mol. The summed E-state index contributed by atoms with van der Waals surface area (Å²) in [7, 11) is 0. The Bertz CT molecular complexity index is 888. The molecule has 0 N–H and O–H groups in total. The molecule has 0 unspecified atom stereocenters. The van der Waals surface area contributed by atoms with Gasteiger partial charge in [0.2, 0.25) is 6.79 Å². The Morgan fingerprint density at radius 1 is 1.14 bits per heavy atom. The maximum Gasteiger partial charge on any atom is 0.329 e. The molecule has 29 heavy (non-hydrogen) atoms. The van der Waals surface area contributed by atoms with E-state index in [0.29, 0.717) is 29.4 Å². The molecule has 2 aliphatic rings. The van der Waals surface area contributed by atoms with Crippen molar-refractivity contribution in [3.63, 3.8) is 0 Å². The van der Waals surface area contributed by atoms with E-state index in [1.807, 2.05) is 37.3 Å². The summed E-state index contributed by atoms with van der Waals surface area (Å²) in [6, 6.07) is 14.2. The minimum absolute atomic E-state index is 0.144. The van der Waals surface area contributed by atoms with Crippen LogP contribution in [0.2, 0.25) is 0 Å². The van der Waals surface area contributed by atoms with Crippen molar-refractivity contribution < 1.29 is 23.8 Å². The zero-order valence-corrected chi connectivity index (χ0v) is 17.0. The molecule has 0 spiro atoms. The third-order valence-electron chi connectivity index (χ3n) is 4.95. The largest absolute Gasteiger partial charge is 0.464 e. The van der Waals surface area contributed by atoms with Crippen LogP contribution in [0, 0.1) is 0 Å². The lowest BCUT2D eigenvalue weighted by atomic mass is 10.1. The minimum Gasteiger partial charge on any atom is -0.464 e. The van der Waals surface area contributed by atoms with Crippen LogP contribution in [-0.2, 0) is 9.53 Å². The molecule has 1 fully saturated rings. The molecule has 4 rings (SSSR count). The van der Waals surface area contributed by atoms with Gasteiger partial charge in [0.05, 0.1) is 6.61 Å². The lowest BCUT2D eigenvalue weighted by Gasteiger charge is -2.28. The Hall–Kier alpha value is -2.67. The first-order valence-corrected chi connectivity index (χ1v) is 10.8. The van der Waals surface area contributed by atoms with Crippen molar-refractivity contribution in [3.05, 3.63) is 59.7 Å². The molecule has 152 valence electrons. The topological polar surface area (TPSA) is 65.1 Å². The number of ether oxygens (including phenoxy) is 3. The van der Waals surface area contributed by atoms with Gasteiger partial charge < -0.3 is 19.1 Å². The van der Waals surface area contributed by atoms with Gasteiger partial charge in [-0.15, -0.1) is 11.8 Å². The number of carbonyl (C=O) groups excluding carboxylic acids is 2. The van der Waals surface area contributed by atoms with Crippen molar-refractivity contribution in [1.29, 1.82) is 0 Å². The number of benzene rings is 2. The fourth-order valence-corrected chi connectivity index (χ4v) is 4.82. The summed E-state index contributed by atoms with van der Waals surface area (Å²) in [6.45, 7) is 2.56. The van der Waals surface area contributed by atoms with Crippen LogP contribution in [0.3, 0.4) is 0 Å². The van der Waals surface area contributed by atoms with Crippen LogP contribution in [-0.4, -0.2) is 42.0 Å². The third kappa shape index (κ3) is 4.05. The highest BCUT2D eigenvalue weighted by Gasteiger charge is 2.43. The molecule has 2 aromatic carbocycles. The third-order valence-corrected chi connectivity index (χ3v) is 6.28. The van der Waals surface area contributed by atoms with Gasteiger partial charge in [-0.2, -0.15) is 0 Å². The predicted octanol–water partition coefficient (Wildman–Crippen LogP) is 4.02. The molecule has 1 saturated heterocycles. The standard InChI is InChI=1S/C22H23NO5S/c1-2-3-11-26-22(25)17-13-29-21(15-7-5-4-6-8-15)23(17)20(24)16-9-10-18-19(12-16)28-14-27-18/h4-10,12,17,21H,2-3,11,13-14H2,1H3/t17-,21+/m1/s1. The van der Waals surface area contributed by atoms with Crippen LogP contribution in [0.5, 0.6) is 11.5 Å². The number of hydrogen-bond donors (Lipinski definition) is 0. The van der Waals surface area contributed by atoms with Crippen LogP contribution in [0.4, 0.5) is 0 Å². The smallest absolute Gasteiger partial charge is 0.329 e. The molecule has 7 heteroatoms. The molecule has 2 aromatic rings. The SMILES string of the molecule is CCCCOC(=O)[C@H]1CS[C@@H](c2ccccc2)N1C(=O)c1ccc2c(c1)OCO2. The van der Waals surface area contributed by atoms with Crippen molar-refractivity contribution in [2.75, 3.05) is 19.2 Å². The Balaban J connectivity index is 1.63. The highest BCUT2D eigenvalue weighted by molar-refractivity contribution is 7.99. The van der Waals surface area contributed by atoms with E-state index in [-0.39, 0.29) is 24.0 Å². The lowest BCUT2D eigenvalue weighted by molar-refractivity contribution is -0.148. The predicted molar refractivity (Wildman–Crippen MR) is 110 cm³/mol. The van der Waals surface area contributed by atoms with E-state index in [1.54, 1.807) is 34.9 Å². The van der Waals surface area contributed by atoms with Crippen LogP contribution >= 0.6 is 11.8 Å². The van der Waals surface area contributed by atoms with Gasteiger partial charge in [0.1, 0.15) is 11.4 Å². The van der Waals surface area contributed by atoms with Crippen LogP contribution < -0.4 is 9.47 Å². The summed E-state index contributed by atoms with van der Waals surface area (Å²) >= 11 is 1.58. The molecule has 2 aliphatic heterocycles. The van der Waals surface area contributed by atoms with Crippen molar-refractivity contribution in [1.82, 2.24) is 4.90 Å². The number of rotatable bonds is 6. The second-order valence-corrected chi connectivity index (χ2v) is 8.03. The fourth-order valence-electron chi connectivity index (χ4n) is 3.40. The van der Waals surface area contributed by atoms with E-state index in [2.05, 4.69) is 0 Å². The maximum atomic E-state index is 13.5. The molecule has 0 aliphatic carbocycles.